The lowest BCUT2D eigenvalue weighted by Crippen LogP contribution is -2.16. The van der Waals surface area contributed by atoms with Gasteiger partial charge in [-0.3, -0.25) is 10.1 Å². The summed E-state index contributed by atoms with van der Waals surface area (Å²) >= 11 is 5.74. The van der Waals surface area contributed by atoms with Gasteiger partial charge in [-0.25, -0.2) is 9.78 Å². The van der Waals surface area contributed by atoms with E-state index in [1.807, 2.05) is 0 Å². The van der Waals surface area contributed by atoms with Gasteiger partial charge in [0.15, 0.2) is 0 Å². The average molecular weight is 285 g/mol. The Morgan fingerprint density at radius 1 is 1.58 bits per heavy atom. The molecule has 0 aromatic carbocycles. The van der Waals surface area contributed by atoms with Crippen molar-refractivity contribution in [3.05, 3.63) is 33.1 Å². The molecule has 6 nitrogen and oxygen atoms in total. The third-order valence-electron chi connectivity index (χ3n) is 3.24. The van der Waals surface area contributed by atoms with Crippen molar-refractivity contribution in [2.45, 2.75) is 25.7 Å². The highest BCUT2D eigenvalue weighted by molar-refractivity contribution is 6.32. The number of carbonyl (C=O) groups is 1. The van der Waals surface area contributed by atoms with Crippen LogP contribution < -0.4 is 0 Å². The van der Waals surface area contributed by atoms with E-state index in [2.05, 4.69) is 4.98 Å². The summed E-state index contributed by atoms with van der Waals surface area (Å²) in [6.07, 6.45) is 5.42. The molecule has 0 spiro atoms. The lowest BCUT2D eigenvalue weighted by Gasteiger charge is -2.24. The maximum absolute atomic E-state index is 11.8. The van der Waals surface area contributed by atoms with E-state index >= 15 is 0 Å². The smallest absolute Gasteiger partial charge is 0.341 e. The van der Waals surface area contributed by atoms with E-state index in [0.717, 1.165) is 18.7 Å². The number of nitro groups is 1. The predicted octanol–water partition coefficient (Wildman–Crippen LogP) is 2.99. The van der Waals surface area contributed by atoms with Crippen molar-refractivity contribution in [3.63, 3.8) is 0 Å². The van der Waals surface area contributed by atoms with Crippen LogP contribution in [0.5, 0.6) is 0 Å². The molecule has 1 saturated carbocycles. The fourth-order valence-electron chi connectivity index (χ4n) is 1.86. The van der Waals surface area contributed by atoms with Gasteiger partial charge in [-0.05, 0) is 12.3 Å². The van der Waals surface area contributed by atoms with Gasteiger partial charge < -0.3 is 4.74 Å². The largest absolute Gasteiger partial charge is 0.462 e. The standard InChI is InChI=1S/C12H13ClN2O4/c13-11-10(6-9(7-14-11)15(17)18)12(16)19-5-4-8-2-1-3-8/h6-8H,1-5H2. The molecule has 0 atom stereocenters. The van der Waals surface area contributed by atoms with Gasteiger partial charge in [-0.15, -0.1) is 0 Å². The molecule has 0 N–H and O–H groups in total. The molecule has 1 aliphatic carbocycles. The van der Waals surface area contributed by atoms with Gasteiger partial charge >= 0.3 is 5.97 Å². The molecular formula is C12H13ClN2O4. The predicted molar refractivity (Wildman–Crippen MR) is 68.1 cm³/mol. The lowest BCUT2D eigenvalue weighted by molar-refractivity contribution is -0.385. The number of esters is 1. The molecule has 1 aromatic rings. The molecule has 1 fully saturated rings. The van der Waals surface area contributed by atoms with Crippen LogP contribution in [0.1, 0.15) is 36.0 Å². The Kier molecular flexibility index (Phi) is 4.31. The Bertz CT molecular complexity index is 503. The number of aromatic nitrogens is 1. The molecule has 1 heterocycles. The topological polar surface area (TPSA) is 82.3 Å². The van der Waals surface area contributed by atoms with Gasteiger partial charge in [0.25, 0.3) is 5.69 Å². The summed E-state index contributed by atoms with van der Waals surface area (Å²) < 4.78 is 5.06. The van der Waals surface area contributed by atoms with E-state index in [-0.39, 0.29) is 16.4 Å². The van der Waals surface area contributed by atoms with Gasteiger partial charge in [0.05, 0.1) is 11.5 Å². The van der Waals surface area contributed by atoms with E-state index in [4.69, 9.17) is 16.3 Å². The van der Waals surface area contributed by atoms with Crippen LogP contribution in [0.15, 0.2) is 12.3 Å². The molecule has 19 heavy (non-hydrogen) atoms. The van der Waals surface area contributed by atoms with E-state index in [1.54, 1.807) is 0 Å². The van der Waals surface area contributed by atoms with Gasteiger partial charge in [-0.1, -0.05) is 30.9 Å². The van der Waals surface area contributed by atoms with E-state index < -0.39 is 10.9 Å². The summed E-state index contributed by atoms with van der Waals surface area (Å²) in [4.78, 5) is 25.4. The fourth-order valence-corrected chi connectivity index (χ4v) is 2.04. The highest BCUT2D eigenvalue weighted by Crippen LogP contribution is 2.29. The maximum Gasteiger partial charge on any atom is 0.341 e. The van der Waals surface area contributed by atoms with E-state index in [0.29, 0.717) is 12.5 Å². The summed E-state index contributed by atoms with van der Waals surface area (Å²) in [6.45, 7) is 0.308. The monoisotopic (exact) mass is 284 g/mol. The number of rotatable bonds is 5. The minimum Gasteiger partial charge on any atom is -0.462 e. The van der Waals surface area contributed by atoms with E-state index in [9.17, 15) is 14.9 Å². The Balaban J connectivity index is 1.96. The van der Waals surface area contributed by atoms with Crippen molar-refractivity contribution in [1.82, 2.24) is 4.98 Å². The van der Waals surface area contributed by atoms with Crippen LogP contribution in [-0.4, -0.2) is 22.5 Å². The van der Waals surface area contributed by atoms with E-state index in [1.165, 1.54) is 19.3 Å². The van der Waals surface area contributed by atoms with Crippen molar-refractivity contribution in [1.29, 1.82) is 0 Å². The number of hydrogen-bond acceptors (Lipinski definition) is 5. The Morgan fingerprint density at radius 2 is 2.32 bits per heavy atom. The molecule has 1 aliphatic rings. The first-order chi connectivity index (χ1) is 9.08. The van der Waals surface area contributed by atoms with Crippen LogP contribution in [0.4, 0.5) is 5.69 Å². The second kappa shape index (κ2) is 5.97. The summed E-state index contributed by atoms with van der Waals surface area (Å²) in [5, 5.41) is 10.5. The van der Waals surface area contributed by atoms with Crippen molar-refractivity contribution in [2.24, 2.45) is 5.92 Å². The van der Waals surface area contributed by atoms with Crippen LogP contribution >= 0.6 is 11.6 Å². The number of halogens is 1. The summed E-state index contributed by atoms with van der Waals surface area (Å²) in [5.74, 6) is -0.0352. The zero-order valence-corrected chi connectivity index (χ0v) is 10.9. The van der Waals surface area contributed by atoms with Crippen molar-refractivity contribution in [2.75, 3.05) is 6.61 Å². The zero-order valence-electron chi connectivity index (χ0n) is 10.2. The summed E-state index contributed by atoms with van der Waals surface area (Å²) in [5.41, 5.74) is -0.347. The first-order valence-corrected chi connectivity index (χ1v) is 6.43. The third-order valence-corrected chi connectivity index (χ3v) is 3.54. The Hall–Kier alpha value is -1.69. The molecule has 0 aliphatic heterocycles. The third kappa shape index (κ3) is 3.41. The number of ether oxygens (including phenoxy) is 1. The number of hydrogen-bond donors (Lipinski definition) is 0. The van der Waals surface area contributed by atoms with Gasteiger partial charge in [0.1, 0.15) is 16.9 Å². The molecule has 7 heteroatoms. The van der Waals surface area contributed by atoms with Crippen LogP contribution in [0, 0.1) is 16.0 Å². The minimum absolute atomic E-state index is 0.0653. The minimum atomic E-state index is -0.666. The average Bonchev–Trinajstić information content (AvgIpc) is 2.32. The number of carbonyl (C=O) groups excluding carboxylic acids is 1. The molecule has 1 aromatic heterocycles. The first kappa shape index (κ1) is 13.7. The molecule has 0 unspecified atom stereocenters. The van der Waals surface area contributed by atoms with Crippen molar-refractivity contribution in [3.8, 4) is 0 Å². The molecular weight excluding hydrogens is 272 g/mol. The molecule has 0 saturated heterocycles. The molecule has 0 amide bonds. The highest BCUT2D eigenvalue weighted by Gasteiger charge is 2.20. The SMILES string of the molecule is O=C(OCCC1CCC1)c1cc([N+](=O)[O-])cnc1Cl. The first-order valence-electron chi connectivity index (χ1n) is 6.05. The zero-order chi connectivity index (χ0) is 13.8. The number of nitrogens with zero attached hydrogens (tertiary/aromatic N) is 2. The van der Waals surface area contributed by atoms with Crippen LogP contribution in [0.2, 0.25) is 5.15 Å². The fraction of sp³-hybridized carbons (Fsp3) is 0.500. The maximum atomic E-state index is 11.8. The molecule has 102 valence electrons. The number of pyridine rings is 1. The summed E-state index contributed by atoms with van der Waals surface area (Å²) in [6, 6.07) is 1.08. The second-order valence-corrected chi connectivity index (χ2v) is 4.87. The van der Waals surface area contributed by atoms with Gasteiger partial charge in [-0.2, -0.15) is 0 Å². The normalized spacial score (nSPS) is 14.8. The molecule has 2 rings (SSSR count). The lowest BCUT2D eigenvalue weighted by atomic mass is 9.83. The molecule has 0 radical (unpaired) electrons. The summed E-state index contributed by atoms with van der Waals surface area (Å²) in [7, 11) is 0. The van der Waals surface area contributed by atoms with Gasteiger partial charge in [0, 0.05) is 6.07 Å². The highest BCUT2D eigenvalue weighted by atomic mass is 35.5. The quantitative estimate of drug-likeness (QED) is 0.359. The molecule has 0 bridgehead atoms. The van der Waals surface area contributed by atoms with Crippen LogP contribution in [0.25, 0.3) is 0 Å². The Morgan fingerprint density at radius 3 is 2.89 bits per heavy atom. The van der Waals surface area contributed by atoms with Crippen molar-refractivity contribution >= 4 is 23.3 Å². The van der Waals surface area contributed by atoms with Crippen LogP contribution in [0.3, 0.4) is 0 Å². The van der Waals surface area contributed by atoms with Crippen molar-refractivity contribution < 1.29 is 14.5 Å². The van der Waals surface area contributed by atoms with Gasteiger partial charge in [0.2, 0.25) is 0 Å². The Labute approximate surface area is 114 Å². The van der Waals surface area contributed by atoms with Crippen LogP contribution in [-0.2, 0) is 4.74 Å². The second-order valence-electron chi connectivity index (χ2n) is 4.51.